The van der Waals surface area contributed by atoms with Crippen molar-refractivity contribution in [2.24, 2.45) is 0 Å². The number of hydrogen-bond donors (Lipinski definition) is 1. The van der Waals surface area contributed by atoms with Gasteiger partial charge in [0.2, 0.25) is 5.91 Å². The first-order valence-corrected chi connectivity index (χ1v) is 12.7. The number of rotatable bonds is 9. The minimum Gasteiger partial charge on any atom is -0.490 e. The molecule has 190 valence electrons. The molecule has 1 N–H and O–H groups in total. The number of carbonyl (C=O) groups is 4. The van der Waals surface area contributed by atoms with Crippen molar-refractivity contribution in [3.05, 3.63) is 55.3 Å². The van der Waals surface area contributed by atoms with E-state index in [9.17, 15) is 19.2 Å². The number of ether oxygens (including phenoxy) is 3. The molecule has 0 radical (unpaired) electrons. The first-order valence-electron chi connectivity index (χ1n) is 10.3. The van der Waals surface area contributed by atoms with Crippen LogP contribution >= 0.6 is 50.9 Å². The van der Waals surface area contributed by atoms with Crippen LogP contribution in [0, 0.1) is 0 Å². The molecule has 1 saturated heterocycles. The molecule has 0 saturated carbocycles. The van der Waals surface area contributed by atoms with Gasteiger partial charge in [0, 0.05) is 10.2 Å². The molecule has 0 aromatic heterocycles. The normalized spacial score (nSPS) is 14.2. The third-order valence-electron chi connectivity index (χ3n) is 4.57. The molecule has 1 aliphatic heterocycles. The van der Waals surface area contributed by atoms with Crippen molar-refractivity contribution >= 4 is 85.7 Å². The van der Waals surface area contributed by atoms with Crippen LogP contribution in [-0.2, 0) is 19.1 Å². The van der Waals surface area contributed by atoms with Crippen molar-refractivity contribution in [1.29, 1.82) is 0 Å². The van der Waals surface area contributed by atoms with Gasteiger partial charge in [0.25, 0.3) is 11.1 Å². The monoisotopic (exact) mass is 616 g/mol. The summed E-state index contributed by atoms with van der Waals surface area (Å²) in [5.74, 6) is -1.41. The third kappa shape index (κ3) is 6.94. The molecule has 3 rings (SSSR count). The van der Waals surface area contributed by atoms with Gasteiger partial charge in [0.05, 0.1) is 28.7 Å². The van der Waals surface area contributed by atoms with Crippen molar-refractivity contribution in [3.63, 3.8) is 0 Å². The molecule has 0 unspecified atom stereocenters. The highest BCUT2D eigenvalue weighted by Crippen LogP contribution is 2.39. The lowest BCUT2D eigenvalue weighted by atomic mass is 10.1. The maximum absolute atomic E-state index is 12.8. The van der Waals surface area contributed by atoms with Gasteiger partial charge in [-0.05, 0) is 76.6 Å². The lowest BCUT2D eigenvalue weighted by molar-refractivity contribution is -0.143. The molecule has 0 atom stereocenters. The highest BCUT2D eigenvalue weighted by atomic mass is 79.9. The standard InChI is InChI=1S/C23H19BrCl2N2O7S/c1-3-34-17-7-12(6-16(26)21(17)35-11-20(30)33-2)8-18-22(31)28(23(32)36-18)10-19(29)27-13-4-5-14(24)15(25)9-13/h4-9H,3,10-11H2,1-2H3,(H,27,29)/b18-8-. The highest BCUT2D eigenvalue weighted by molar-refractivity contribution is 9.10. The Labute approximate surface area is 229 Å². The number of thioether (sulfide) groups is 1. The highest BCUT2D eigenvalue weighted by Gasteiger charge is 2.36. The molecule has 36 heavy (non-hydrogen) atoms. The Kier molecular flexibility index (Phi) is 9.66. The Hall–Kier alpha value is -2.73. The lowest BCUT2D eigenvalue weighted by Crippen LogP contribution is -2.36. The molecule has 0 spiro atoms. The summed E-state index contributed by atoms with van der Waals surface area (Å²) in [6, 6.07) is 7.87. The number of anilines is 1. The van der Waals surface area contributed by atoms with E-state index in [1.807, 2.05) is 0 Å². The average molecular weight is 618 g/mol. The summed E-state index contributed by atoms with van der Waals surface area (Å²) in [6.07, 6.45) is 1.45. The second-order valence-corrected chi connectivity index (χ2v) is 9.73. The number of amides is 3. The van der Waals surface area contributed by atoms with Gasteiger partial charge in [0.1, 0.15) is 6.54 Å². The van der Waals surface area contributed by atoms with E-state index in [0.717, 1.165) is 4.90 Å². The van der Waals surface area contributed by atoms with Gasteiger partial charge < -0.3 is 19.5 Å². The summed E-state index contributed by atoms with van der Waals surface area (Å²) < 4.78 is 16.2. The second-order valence-electron chi connectivity index (χ2n) is 7.07. The Morgan fingerprint density at radius 1 is 1.14 bits per heavy atom. The van der Waals surface area contributed by atoms with Crippen molar-refractivity contribution in [1.82, 2.24) is 4.90 Å². The Bertz CT molecular complexity index is 1260. The van der Waals surface area contributed by atoms with Crippen molar-refractivity contribution < 1.29 is 33.4 Å². The number of methoxy groups -OCH3 is 1. The van der Waals surface area contributed by atoms with Crippen molar-refractivity contribution in [2.45, 2.75) is 6.92 Å². The van der Waals surface area contributed by atoms with E-state index < -0.39 is 29.6 Å². The quantitative estimate of drug-likeness (QED) is 0.295. The van der Waals surface area contributed by atoms with Crippen LogP contribution in [0.15, 0.2) is 39.7 Å². The predicted octanol–water partition coefficient (Wildman–Crippen LogP) is 5.38. The van der Waals surface area contributed by atoms with E-state index >= 15 is 0 Å². The molecule has 1 fully saturated rings. The summed E-state index contributed by atoms with van der Waals surface area (Å²) in [4.78, 5) is 50.1. The topological polar surface area (TPSA) is 111 Å². The van der Waals surface area contributed by atoms with E-state index in [2.05, 4.69) is 26.0 Å². The summed E-state index contributed by atoms with van der Waals surface area (Å²) >= 11 is 16.3. The first kappa shape index (κ1) is 27.9. The molecule has 0 aliphatic carbocycles. The van der Waals surface area contributed by atoms with Gasteiger partial charge in [0.15, 0.2) is 18.1 Å². The summed E-state index contributed by atoms with van der Waals surface area (Å²) in [7, 11) is 1.23. The number of hydrogen-bond acceptors (Lipinski definition) is 8. The van der Waals surface area contributed by atoms with Crippen molar-refractivity contribution in [2.75, 3.05) is 32.2 Å². The molecule has 2 aromatic rings. The van der Waals surface area contributed by atoms with Crippen LogP contribution in [-0.4, -0.2) is 54.8 Å². The Balaban J connectivity index is 1.76. The van der Waals surface area contributed by atoms with Gasteiger partial charge in [-0.25, -0.2) is 4.79 Å². The SMILES string of the molecule is CCOc1cc(/C=C2\SC(=O)N(CC(=O)Nc3ccc(Br)c(Cl)c3)C2=O)cc(Cl)c1OCC(=O)OC. The number of imide groups is 1. The number of esters is 1. The third-order valence-corrected chi connectivity index (χ3v) is 6.99. The van der Waals surface area contributed by atoms with Gasteiger partial charge in [-0.3, -0.25) is 19.3 Å². The van der Waals surface area contributed by atoms with Gasteiger partial charge >= 0.3 is 5.97 Å². The van der Waals surface area contributed by atoms with E-state index in [0.29, 0.717) is 32.5 Å². The fraction of sp³-hybridized carbons (Fsp3) is 0.217. The lowest BCUT2D eigenvalue weighted by Gasteiger charge is -2.14. The molecule has 0 bridgehead atoms. The minimum atomic E-state index is -0.630. The Morgan fingerprint density at radius 3 is 2.56 bits per heavy atom. The molecule has 1 aliphatic rings. The van der Waals surface area contributed by atoms with E-state index in [1.54, 1.807) is 25.1 Å². The fourth-order valence-corrected chi connectivity index (χ4v) is 4.51. The van der Waals surface area contributed by atoms with E-state index in [1.165, 1.54) is 25.3 Å². The van der Waals surface area contributed by atoms with Crippen molar-refractivity contribution in [3.8, 4) is 11.5 Å². The first-order chi connectivity index (χ1) is 17.1. The molecule has 9 nitrogen and oxygen atoms in total. The molecule has 2 aromatic carbocycles. The second kappa shape index (κ2) is 12.5. The number of nitrogens with one attached hydrogen (secondary N) is 1. The van der Waals surface area contributed by atoms with Crippen LogP contribution in [0.2, 0.25) is 10.0 Å². The van der Waals surface area contributed by atoms with Gasteiger partial charge in [-0.15, -0.1) is 0 Å². The number of benzene rings is 2. The Morgan fingerprint density at radius 2 is 1.89 bits per heavy atom. The largest absolute Gasteiger partial charge is 0.490 e. The van der Waals surface area contributed by atoms with E-state index in [4.69, 9.17) is 32.7 Å². The zero-order valence-electron chi connectivity index (χ0n) is 18.9. The summed E-state index contributed by atoms with van der Waals surface area (Å²) in [5.41, 5.74) is 0.872. The fourth-order valence-electron chi connectivity index (χ4n) is 2.97. The number of halogens is 3. The van der Waals surface area contributed by atoms with Crippen LogP contribution < -0.4 is 14.8 Å². The maximum Gasteiger partial charge on any atom is 0.343 e. The molecular formula is C23H19BrCl2N2O7S. The van der Waals surface area contributed by atoms with Crippen LogP contribution in [0.25, 0.3) is 6.08 Å². The minimum absolute atomic E-state index is 0.0984. The van der Waals surface area contributed by atoms with E-state index in [-0.39, 0.29) is 34.6 Å². The van der Waals surface area contributed by atoms with Gasteiger partial charge in [-0.2, -0.15) is 0 Å². The zero-order chi connectivity index (χ0) is 26.4. The summed E-state index contributed by atoms with van der Waals surface area (Å²) in [6.45, 7) is 1.19. The summed E-state index contributed by atoms with van der Waals surface area (Å²) in [5, 5.41) is 2.53. The molecule has 3 amide bonds. The smallest absolute Gasteiger partial charge is 0.343 e. The number of carbonyl (C=O) groups excluding carboxylic acids is 4. The molecule has 1 heterocycles. The average Bonchev–Trinajstić information content (AvgIpc) is 3.08. The van der Waals surface area contributed by atoms with Gasteiger partial charge in [-0.1, -0.05) is 23.2 Å². The zero-order valence-corrected chi connectivity index (χ0v) is 22.8. The predicted molar refractivity (Wildman–Crippen MR) is 141 cm³/mol. The molecular weight excluding hydrogens is 599 g/mol. The molecule has 13 heteroatoms. The van der Waals surface area contributed by atoms with Crippen LogP contribution in [0.1, 0.15) is 12.5 Å². The number of nitrogens with zero attached hydrogens (tertiary/aromatic N) is 1. The van der Waals surface area contributed by atoms with Crippen LogP contribution in [0.3, 0.4) is 0 Å². The van der Waals surface area contributed by atoms with Crippen LogP contribution in [0.4, 0.5) is 10.5 Å². The maximum atomic E-state index is 12.8. The van der Waals surface area contributed by atoms with Crippen LogP contribution in [0.5, 0.6) is 11.5 Å².